The van der Waals surface area contributed by atoms with Gasteiger partial charge in [0, 0.05) is 6.07 Å². The summed E-state index contributed by atoms with van der Waals surface area (Å²) in [6, 6.07) is 3.83. The minimum atomic E-state index is -0.410. The molecule has 1 aromatic carbocycles. The first-order valence-corrected chi connectivity index (χ1v) is 3.80. The standard InChI is InChI=1S/C8H8ClFO2/c9-7-2-1-6(10)5-8(7)12-4-3-11/h1-2,5,11H,3-4H2. The van der Waals surface area contributed by atoms with Gasteiger partial charge in [-0.1, -0.05) is 11.6 Å². The van der Waals surface area contributed by atoms with E-state index >= 15 is 0 Å². The fourth-order valence-corrected chi connectivity index (χ4v) is 0.916. The largest absolute Gasteiger partial charge is 0.490 e. The van der Waals surface area contributed by atoms with Crippen molar-refractivity contribution in [3.8, 4) is 5.75 Å². The minimum absolute atomic E-state index is 0.114. The van der Waals surface area contributed by atoms with Crippen LogP contribution in [-0.4, -0.2) is 18.3 Å². The summed E-state index contributed by atoms with van der Waals surface area (Å²) in [6.07, 6.45) is 0. The van der Waals surface area contributed by atoms with Crippen LogP contribution in [-0.2, 0) is 0 Å². The lowest BCUT2D eigenvalue weighted by molar-refractivity contribution is 0.201. The predicted octanol–water partition coefficient (Wildman–Crippen LogP) is 1.85. The third kappa shape index (κ3) is 2.36. The molecule has 0 atom stereocenters. The fourth-order valence-electron chi connectivity index (χ4n) is 0.743. The van der Waals surface area contributed by atoms with Gasteiger partial charge in [-0.05, 0) is 12.1 Å². The molecular weight excluding hydrogens is 183 g/mol. The van der Waals surface area contributed by atoms with Crippen molar-refractivity contribution in [3.63, 3.8) is 0 Å². The van der Waals surface area contributed by atoms with Gasteiger partial charge in [0.15, 0.2) is 0 Å². The number of hydrogen-bond acceptors (Lipinski definition) is 2. The Labute approximate surface area is 74.5 Å². The molecule has 2 nitrogen and oxygen atoms in total. The van der Waals surface area contributed by atoms with E-state index < -0.39 is 5.82 Å². The summed E-state index contributed by atoms with van der Waals surface area (Å²) in [6.45, 7) is -0.00395. The van der Waals surface area contributed by atoms with E-state index in [1.54, 1.807) is 0 Å². The van der Waals surface area contributed by atoms with Gasteiger partial charge in [-0.25, -0.2) is 4.39 Å². The summed E-state index contributed by atoms with van der Waals surface area (Å²) in [7, 11) is 0. The fraction of sp³-hybridized carbons (Fsp3) is 0.250. The zero-order valence-electron chi connectivity index (χ0n) is 6.26. The number of aliphatic hydroxyl groups excluding tert-OH is 1. The van der Waals surface area contributed by atoms with Crippen molar-refractivity contribution in [1.29, 1.82) is 0 Å². The van der Waals surface area contributed by atoms with Crippen molar-refractivity contribution >= 4 is 11.6 Å². The molecule has 0 spiro atoms. The van der Waals surface area contributed by atoms with Crippen molar-refractivity contribution < 1.29 is 14.2 Å². The molecule has 12 heavy (non-hydrogen) atoms. The Balaban J connectivity index is 2.75. The second-order valence-electron chi connectivity index (χ2n) is 2.15. The third-order valence-corrected chi connectivity index (χ3v) is 1.55. The zero-order chi connectivity index (χ0) is 8.97. The number of hydrogen-bond donors (Lipinski definition) is 1. The quantitative estimate of drug-likeness (QED) is 0.788. The number of ether oxygens (including phenoxy) is 1. The van der Waals surface area contributed by atoms with Gasteiger partial charge < -0.3 is 9.84 Å². The maximum atomic E-state index is 12.6. The molecule has 0 saturated heterocycles. The van der Waals surface area contributed by atoms with E-state index in [1.807, 2.05) is 0 Å². The summed E-state index contributed by atoms with van der Waals surface area (Å²) in [5, 5.41) is 8.76. The van der Waals surface area contributed by atoms with Crippen LogP contribution in [0.2, 0.25) is 5.02 Å². The molecule has 0 radical (unpaired) electrons. The van der Waals surface area contributed by atoms with Crippen LogP contribution < -0.4 is 4.74 Å². The van der Waals surface area contributed by atoms with Crippen LogP contribution in [0.25, 0.3) is 0 Å². The number of benzene rings is 1. The van der Waals surface area contributed by atoms with E-state index in [4.69, 9.17) is 21.4 Å². The molecule has 1 N–H and O–H groups in total. The van der Waals surface area contributed by atoms with Gasteiger partial charge in [0.1, 0.15) is 18.2 Å². The second kappa shape index (κ2) is 4.28. The van der Waals surface area contributed by atoms with Gasteiger partial charge in [-0.3, -0.25) is 0 Å². The van der Waals surface area contributed by atoms with E-state index in [0.717, 1.165) is 0 Å². The van der Waals surface area contributed by atoms with Gasteiger partial charge in [-0.15, -0.1) is 0 Å². The number of rotatable bonds is 3. The molecule has 0 fully saturated rings. The van der Waals surface area contributed by atoms with Crippen LogP contribution in [0.15, 0.2) is 18.2 Å². The van der Waals surface area contributed by atoms with E-state index in [2.05, 4.69) is 0 Å². The predicted molar refractivity (Wildman–Crippen MR) is 44.0 cm³/mol. The Morgan fingerprint density at radius 2 is 2.25 bits per heavy atom. The first kappa shape index (κ1) is 9.29. The molecule has 0 aliphatic rings. The van der Waals surface area contributed by atoms with E-state index in [0.29, 0.717) is 5.02 Å². The molecule has 4 heteroatoms. The molecular formula is C8H8ClFO2. The van der Waals surface area contributed by atoms with E-state index in [-0.39, 0.29) is 19.0 Å². The van der Waals surface area contributed by atoms with E-state index in [9.17, 15) is 4.39 Å². The van der Waals surface area contributed by atoms with E-state index in [1.165, 1.54) is 18.2 Å². The average molecular weight is 191 g/mol. The van der Waals surface area contributed by atoms with Crippen molar-refractivity contribution in [2.45, 2.75) is 0 Å². The molecule has 0 heterocycles. The monoisotopic (exact) mass is 190 g/mol. The van der Waals surface area contributed by atoms with Gasteiger partial charge in [-0.2, -0.15) is 0 Å². The molecule has 0 aliphatic heterocycles. The van der Waals surface area contributed by atoms with Crippen molar-refractivity contribution in [2.24, 2.45) is 0 Å². The van der Waals surface area contributed by atoms with Gasteiger partial charge in [0.25, 0.3) is 0 Å². The molecule has 0 bridgehead atoms. The summed E-state index contributed by atoms with van der Waals surface area (Å²) in [4.78, 5) is 0. The molecule has 0 aromatic heterocycles. The molecule has 0 saturated carbocycles. The molecule has 1 rings (SSSR count). The van der Waals surface area contributed by atoms with Crippen LogP contribution in [0.3, 0.4) is 0 Å². The molecule has 0 unspecified atom stereocenters. The van der Waals surface area contributed by atoms with Gasteiger partial charge in [0.2, 0.25) is 0 Å². The first-order chi connectivity index (χ1) is 5.74. The average Bonchev–Trinajstić information content (AvgIpc) is 2.07. The van der Waals surface area contributed by atoms with Gasteiger partial charge >= 0.3 is 0 Å². The smallest absolute Gasteiger partial charge is 0.140 e. The maximum absolute atomic E-state index is 12.6. The highest BCUT2D eigenvalue weighted by Crippen LogP contribution is 2.24. The Morgan fingerprint density at radius 1 is 1.50 bits per heavy atom. The lowest BCUT2D eigenvalue weighted by atomic mass is 10.3. The Bertz CT molecular complexity index is 265. The first-order valence-electron chi connectivity index (χ1n) is 3.43. The molecule has 0 amide bonds. The van der Waals surface area contributed by atoms with Gasteiger partial charge in [0.05, 0.1) is 11.6 Å². The van der Waals surface area contributed by atoms with Crippen LogP contribution in [0, 0.1) is 5.82 Å². The maximum Gasteiger partial charge on any atom is 0.140 e. The highest BCUT2D eigenvalue weighted by Gasteiger charge is 2.01. The highest BCUT2D eigenvalue weighted by atomic mass is 35.5. The zero-order valence-corrected chi connectivity index (χ0v) is 7.01. The number of aliphatic hydroxyl groups is 1. The summed E-state index contributed by atoms with van der Waals surface area (Å²) in [5.74, 6) is -0.155. The summed E-state index contributed by atoms with van der Waals surface area (Å²) >= 11 is 5.66. The van der Waals surface area contributed by atoms with Crippen LogP contribution >= 0.6 is 11.6 Å². The van der Waals surface area contributed by atoms with Crippen molar-refractivity contribution in [1.82, 2.24) is 0 Å². The lowest BCUT2D eigenvalue weighted by Crippen LogP contribution is -2.02. The van der Waals surface area contributed by atoms with Crippen molar-refractivity contribution in [3.05, 3.63) is 29.0 Å². The van der Waals surface area contributed by atoms with Crippen LogP contribution in [0.1, 0.15) is 0 Å². The number of halogens is 2. The molecule has 1 aromatic rings. The Kier molecular flexibility index (Phi) is 3.31. The molecule has 66 valence electrons. The second-order valence-corrected chi connectivity index (χ2v) is 2.55. The SMILES string of the molecule is OCCOc1cc(F)ccc1Cl. The summed E-state index contributed by atoms with van der Waals surface area (Å²) < 4.78 is 17.5. The van der Waals surface area contributed by atoms with Crippen LogP contribution in [0.5, 0.6) is 5.75 Å². The third-order valence-electron chi connectivity index (χ3n) is 1.24. The summed E-state index contributed by atoms with van der Waals surface area (Å²) in [5.41, 5.74) is 0. The van der Waals surface area contributed by atoms with Crippen molar-refractivity contribution in [2.75, 3.05) is 13.2 Å². The normalized spacial score (nSPS) is 9.92. The topological polar surface area (TPSA) is 29.5 Å². The van der Waals surface area contributed by atoms with Crippen LogP contribution in [0.4, 0.5) is 4.39 Å². The minimum Gasteiger partial charge on any atom is -0.490 e. The Morgan fingerprint density at radius 3 is 2.92 bits per heavy atom. The highest BCUT2D eigenvalue weighted by molar-refractivity contribution is 6.32. The Hall–Kier alpha value is -0.800. The lowest BCUT2D eigenvalue weighted by Gasteiger charge is -2.05. The molecule has 0 aliphatic carbocycles.